The second-order valence-electron chi connectivity index (χ2n) is 5.35. The number of hydrazone groups is 1. The molecule has 0 unspecified atom stereocenters. The molecule has 3 rings (SSSR count). The van der Waals surface area contributed by atoms with Gasteiger partial charge in [-0.2, -0.15) is 10.2 Å². The van der Waals surface area contributed by atoms with Gasteiger partial charge in [0.15, 0.2) is 6.61 Å². The number of ether oxygens (including phenoxy) is 1. The van der Waals surface area contributed by atoms with Crippen LogP contribution in [0.3, 0.4) is 0 Å². The maximum absolute atomic E-state index is 11.9. The highest BCUT2D eigenvalue weighted by molar-refractivity contribution is 9.11. The largest absolute Gasteiger partial charge is 0.481 e. The van der Waals surface area contributed by atoms with Gasteiger partial charge in [-0.3, -0.25) is 9.89 Å². The summed E-state index contributed by atoms with van der Waals surface area (Å²) in [6, 6.07) is 15.3. The van der Waals surface area contributed by atoms with Gasteiger partial charge in [-0.25, -0.2) is 5.43 Å². The Kier molecular flexibility index (Phi) is 6.81. The van der Waals surface area contributed by atoms with Gasteiger partial charge in [-0.05, 0) is 50.1 Å². The van der Waals surface area contributed by atoms with E-state index in [0.717, 1.165) is 24.7 Å². The van der Waals surface area contributed by atoms with Gasteiger partial charge in [0.1, 0.15) is 5.75 Å². The summed E-state index contributed by atoms with van der Waals surface area (Å²) in [5.74, 6) is 0.161. The standard InChI is InChI=1S/C18H13Br3N4O2/c19-12-6-14(20)18(15(21)7-12)27-10-17(26)25-22-9-13-8-16(24-23-13)11-4-2-1-3-5-11/h1-9H,10H2,(H,23,24)(H,25,26)/b22-9+. The molecule has 0 atom stereocenters. The van der Waals surface area contributed by atoms with E-state index in [1.807, 2.05) is 48.5 Å². The molecule has 9 heteroatoms. The van der Waals surface area contributed by atoms with E-state index in [4.69, 9.17) is 4.74 Å². The Morgan fingerprint density at radius 3 is 2.56 bits per heavy atom. The van der Waals surface area contributed by atoms with E-state index >= 15 is 0 Å². The molecule has 3 aromatic rings. The number of amides is 1. The summed E-state index contributed by atoms with van der Waals surface area (Å²) in [5, 5.41) is 11.0. The van der Waals surface area contributed by atoms with Crippen LogP contribution in [0, 0.1) is 0 Å². The molecule has 0 bridgehead atoms. The first kappa shape index (κ1) is 19.8. The Morgan fingerprint density at radius 1 is 1.15 bits per heavy atom. The van der Waals surface area contributed by atoms with Crippen molar-refractivity contribution in [2.45, 2.75) is 0 Å². The van der Waals surface area contributed by atoms with Crippen LogP contribution in [0.15, 0.2) is 67.1 Å². The molecule has 0 aliphatic heterocycles. The molecule has 1 heterocycles. The number of nitrogens with zero attached hydrogens (tertiary/aromatic N) is 2. The molecule has 0 aliphatic carbocycles. The normalized spacial score (nSPS) is 10.9. The number of aromatic amines is 1. The van der Waals surface area contributed by atoms with Crippen LogP contribution in [0.2, 0.25) is 0 Å². The summed E-state index contributed by atoms with van der Waals surface area (Å²) < 4.78 is 7.87. The van der Waals surface area contributed by atoms with Gasteiger partial charge < -0.3 is 4.74 Å². The lowest BCUT2D eigenvalue weighted by atomic mass is 10.1. The number of nitrogens with one attached hydrogen (secondary N) is 2. The van der Waals surface area contributed by atoms with Crippen LogP contribution >= 0.6 is 47.8 Å². The average molecular weight is 557 g/mol. The van der Waals surface area contributed by atoms with Crippen molar-refractivity contribution in [3.05, 3.63) is 67.6 Å². The minimum Gasteiger partial charge on any atom is -0.481 e. The lowest BCUT2D eigenvalue weighted by molar-refractivity contribution is -0.123. The van der Waals surface area contributed by atoms with E-state index in [1.165, 1.54) is 6.21 Å². The number of carbonyl (C=O) groups excluding carboxylic acids is 1. The van der Waals surface area contributed by atoms with Gasteiger partial charge in [0.2, 0.25) is 0 Å². The Morgan fingerprint density at radius 2 is 1.85 bits per heavy atom. The first-order valence-electron chi connectivity index (χ1n) is 7.73. The highest BCUT2D eigenvalue weighted by Crippen LogP contribution is 2.36. The number of rotatable bonds is 6. The van der Waals surface area contributed by atoms with E-state index in [1.54, 1.807) is 0 Å². The van der Waals surface area contributed by atoms with E-state index in [0.29, 0.717) is 11.4 Å². The van der Waals surface area contributed by atoms with Crippen LogP contribution in [-0.2, 0) is 4.79 Å². The number of hydrogen-bond donors (Lipinski definition) is 2. The topological polar surface area (TPSA) is 79.4 Å². The van der Waals surface area contributed by atoms with Crippen molar-refractivity contribution >= 4 is 59.9 Å². The third-order valence-corrected chi connectivity index (χ3v) is 5.01. The average Bonchev–Trinajstić information content (AvgIpc) is 3.10. The van der Waals surface area contributed by atoms with Crippen LogP contribution in [0.25, 0.3) is 11.3 Å². The molecular formula is C18H13Br3N4O2. The van der Waals surface area contributed by atoms with Crippen molar-refractivity contribution in [1.82, 2.24) is 15.6 Å². The zero-order valence-electron chi connectivity index (χ0n) is 13.7. The number of hydrogen-bond acceptors (Lipinski definition) is 4. The minimum absolute atomic E-state index is 0.172. The third-order valence-electron chi connectivity index (χ3n) is 3.37. The quantitative estimate of drug-likeness (QED) is 0.335. The number of benzene rings is 2. The second-order valence-corrected chi connectivity index (χ2v) is 7.98. The molecule has 0 aliphatic rings. The summed E-state index contributed by atoms with van der Waals surface area (Å²) in [7, 11) is 0. The summed E-state index contributed by atoms with van der Waals surface area (Å²) in [4.78, 5) is 11.9. The van der Waals surface area contributed by atoms with Crippen LogP contribution in [-0.4, -0.2) is 28.9 Å². The van der Waals surface area contributed by atoms with E-state index in [9.17, 15) is 4.79 Å². The van der Waals surface area contributed by atoms with Crippen LogP contribution in [0.5, 0.6) is 5.75 Å². The monoisotopic (exact) mass is 554 g/mol. The second kappa shape index (κ2) is 9.29. The molecule has 2 N–H and O–H groups in total. The highest BCUT2D eigenvalue weighted by atomic mass is 79.9. The van der Waals surface area contributed by atoms with Crippen LogP contribution < -0.4 is 10.2 Å². The van der Waals surface area contributed by atoms with Gasteiger partial charge in [0.05, 0.1) is 26.5 Å². The lowest BCUT2D eigenvalue weighted by Crippen LogP contribution is -2.24. The Hall–Kier alpha value is -1.97. The minimum atomic E-state index is -0.379. The SMILES string of the molecule is O=C(COc1c(Br)cc(Br)cc1Br)N/N=C/c1cc(-c2ccccc2)n[nH]1. The van der Waals surface area contributed by atoms with E-state index in [2.05, 4.69) is 68.5 Å². The van der Waals surface area contributed by atoms with E-state index in [-0.39, 0.29) is 12.5 Å². The molecule has 0 radical (unpaired) electrons. The van der Waals surface area contributed by atoms with E-state index < -0.39 is 0 Å². The van der Waals surface area contributed by atoms with Gasteiger partial charge in [-0.1, -0.05) is 46.3 Å². The van der Waals surface area contributed by atoms with Gasteiger partial charge >= 0.3 is 0 Å². The molecule has 1 amide bonds. The van der Waals surface area contributed by atoms with Crippen molar-refractivity contribution in [2.24, 2.45) is 5.10 Å². The molecule has 0 saturated heterocycles. The predicted octanol–water partition coefficient (Wildman–Crippen LogP) is 4.89. The van der Waals surface area contributed by atoms with Crippen LogP contribution in [0.4, 0.5) is 0 Å². The van der Waals surface area contributed by atoms with Crippen molar-refractivity contribution in [3.8, 4) is 17.0 Å². The molecule has 0 spiro atoms. The van der Waals surface area contributed by atoms with Crippen molar-refractivity contribution in [2.75, 3.05) is 6.61 Å². The van der Waals surface area contributed by atoms with Crippen molar-refractivity contribution in [1.29, 1.82) is 0 Å². The lowest BCUT2D eigenvalue weighted by Gasteiger charge is -2.09. The predicted molar refractivity (Wildman–Crippen MR) is 115 cm³/mol. The Balaban J connectivity index is 1.53. The summed E-state index contributed by atoms with van der Waals surface area (Å²) >= 11 is 10.2. The summed E-state index contributed by atoms with van der Waals surface area (Å²) in [6.45, 7) is -0.172. The summed E-state index contributed by atoms with van der Waals surface area (Å²) in [5.41, 5.74) is 4.89. The molecule has 2 aromatic carbocycles. The number of aromatic nitrogens is 2. The fraction of sp³-hybridized carbons (Fsp3) is 0.0556. The first-order valence-corrected chi connectivity index (χ1v) is 10.1. The highest BCUT2D eigenvalue weighted by Gasteiger charge is 2.10. The molecule has 27 heavy (non-hydrogen) atoms. The zero-order valence-corrected chi connectivity index (χ0v) is 18.5. The van der Waals surface area contributed by atoms with Crippen molar-refractivity contribution in [3.63, 3.8) is 0 Å². The summed E-state index contributed by atoms with van der Waals surface area (Å²) in [6.07, 6.45) is 1.49. The Labute approximate surface area is 180 Å². The Bertz CT molecular complexity index is 951. The molecular weight excluding hydrogens is 544 g/mol. The number of halogens is 3. The molecule has 0 fully saturated rings. The molecule has 0 saturated carbocycles. The maximum Gasteiger partial charge on any atom is 0.277 e. The maximum atomic E-state index is 11.9. The van der Waals surface area contributed by atoms with Crippen LogP contribution in [0.1, 0.15) is 5.69 Å². The zero-order chi connectivity index (χ0) is 19.2. The molecule has 1 aromatic heterocycles. The fourth-order valence-corrected chi connectivity index (χ4v) is 4.66. The number of H-pyrrole nitrogens is 1. The number of carbonyl (C=O) groups is 1. The smallest absolute Gasteiger partial charge is 0.277 e. The van der Waals surface area contributed by atoms with Gasteiger partial charge in [-0.15, -0.1) is 0 Å². The van der Waals surface area contributed by atoms with Gasteiger partial charge in [0, 0.05) is 10.0 Å². The first-order chi connectivity index (χ1) is 13.0. The molecule has 138 valence electrons. The fourth-order valence-electron chi connectivity index (χ4n) is 2.17. The molecule has 6 nitrogen and oxygen atoms in total. The van der Waals surface area contributed by atoms with Gasteiger partial charge in [0.25, 0.3) is 5.91 Å². The van der Waals surface area contributed by atoms with Crippen molar-refractivity contribution < 1.29 is 9.53 Å². The third kappa shape index (κ3) is 5.50.